The molecule has 0 saturated heterocycles. The second kappa shape index (κ2) is 7.60. The van der Waals surface area contributed by atoms with E-state index in [0.29, 0.717) is 17.8 Å². The molecule has 1 aliphatic heterocycles. The van der Waals surface area contributed by atoms with Crippen LogP contribution >= 0.6 is 0 Å². The predicted octanol–water partition coefficient (Wildman–Crippen LogP) is 3.20. The number of anilines is 1. The zero-order valence-electron chi connectivity index (χ0n) is 13.5. The van der Waals surface area contributed by atoms with Crippen molar-refractivity contribution in [3.8, 4) is 0 Å². The summed E-state index contributed by atoms with van der Waals surface area (Å²) < 4.78 is 39.0. The lowest BCUT2D eigenvalue weighted by atomic mass is 10.1. The lowest BCUT2D eigenvalue weighted by Gasteiger charge is -2.21. The first kappa shape index (κ1) is 17.3. The molecule has 0 radical (unpaired) electrons. The highest BCUT2D eigenvalue weighted by Crippen LogP contribution is 2.19. The van der Waals surface area contributed by atoms with Crippen molar-refractivity contribution in [2.24, 2.45) is 10.2 Å². The maximum atomic E-state index is 12.6. The molecule has 1 unspecified atom stereocenters. The van der Waals surface area contributed by atoms with E-state index in [-0.39, 0.29) is 12.1 Å². The van der Waals surface area contributed by atoms with Crippen molar-refractivity contribution in [2.45, 2.75) is 19.4 Å². The zero-order chi connectivity index (χ0) is 17.8. The van der Waals surface area contributed by atoms with Gasteiger partial charge < -0.3 is 0 Å². The number of halogens is 2. The van der Waals surface area contributed by atoms with Crippen LogP contribution in [0.15, 0.2) is 58.9 Å². The van der Waals surface area contributed by atoms with Crippen molar-refractivity contribution in [3.63, 3.8) is 0 Å². The molecule has 0 bridgehead atoms. The highest BCUT2D eigenvalue weighted by atomic mass is 32.2. The Hall–Kier alpha value is -2.48. The van der Waals surface area contributed by atoms with Crippen LogP contribution in [0.25, 0.3) is 0 Å². The Morgan fingerprint density at radius 2 is 1.92 bits per heavy atom. The molecule has 8 heteroatoms. The SMILES string of the molecule is CS(=O)N(Cc1ccc(C2=NN=C(C(F)F)C2)cn1)c1ccccc1. The second-order valence-corrected chi connectivity index (χ2v) is 6.74. The third-order valence-corrected chi connectivity index (χ3v) is 4.68. The number of aromatic nitrogens is 1. The summed E-state index contributed by atoms with van der Waals surface area (Å²) in [5.74, 6) is 0. The van der Waals surface area contributed by atoms with Gasteiger partial charge in [-0.3, -0.25) is 9.29 Å². The van der Waals surface area contributed by atoms with E-state index in [1.165, 1.54) is 0 Å². The first-order valence-electron chi connectivity index (χ1n) is 7.57. The molecule has 5 nitrogen and oxygen atoms in total. The van der Waals surface area contributed by atoms with E-state index >= 15 is 0 Å². The van der Waals surface area contributed by atoms with Crippen LogP contribution in [-0.4, -0.2) is 33.3 Å². The Kier molecular flexibility index (Phi) is 5.28. The molecule has 3 rings (SSSR count). The summed E-state index contributed by atoms with van der Waals surface area (Å²) in [5, 5.41) is 7.31. The lowest BCUT2D eigenvalue weighted by Crippen LogP contribution is -2.24. The second-order valence-electron chi connectivity index (χ2n) is 5.45. The average molecular weight is 362 g/mol. The van der Waals surface area contributed by atoms with Gasteiger partial charge in [0.2, 0.25) is 0 Å². The summed E-state index contributed by atoms with van der Waals surface area (Å²) in [7, 11) is -1.20. The maximum Gasteiger partial charge on any atom is 0.278 e. The number of rotatable bonds is 6. The molecule has 1 aromatic heterocycles. The summed E-state index contributed by atoms with van der Waals surface area (Å²) in [4.78, 5) is 4.35. The third-order valence-electron chi connectivity index (χ3n) is 3.72. The fraction of sp³-hybridized carbons (Fsp3) is 0.235. The fourth-order valence-electron chi connectivity index (χ4n) is 2.41. The Bertz CT molecular complexity index is 822. The fourth-order valence-corrected chi connectivity index (χ4v) is 3.14. The van der Waals surface area contributed by atoms with Crippen molar-refractivity contribution >= 4 is 28.1 Å². The number of hydrogen-bond donors (Lipinski definition) is 0. The van der Waals surface area contributed by atoms with Crippen LogP contribution in [0, 0.1) is 0 Å². The van der Waals surface area contributed by atoms with Crippen molar-refractivity contribution in [1.29, 1.82) is 0 Å². The minimum absolute atomic E-state index is 0.0355. The largest absolute Gasteiger partial charge is 0.286 e. The third kappa shape index (κ3) is 4.14. The number of pyridine rings is 1. The Balaban J connectivity index is 1.71. The van der Waals surface area contributed by atoms with E-state index in [0.717, 1.165) is 11.4 Å². The number of hydrogen-bond acceptors (Lipinski definition) is 4. The van der Waals surface area contributed by atoms with Gasteiger partial charge in [0.25, 0.3) is 6.43 Å². The summed E-state index contributed by atoms with van der Waals surface area (Å²) in [6.45, 7) is 0.374. The molecule has 1 aromatic carbocycles. The Labute approximate surface area is 146 Å². The number of benzene rings is 1. The van der Waals surface area contributed by atoms with Crippen LogP contribution in [0.2, 0.25) is 0 Å². The van der Waals surface area contributed by atoms with Crippen LogP contribution in [0.4, 0.5) is 14.5 Å². The number of alkyl halides is 2. The van der Waals surface area contributed by atoms with E-state index < -0.39 is 17.4 Å². The van der Waals surface area contributed by atoms with Gasteiger partial charge in [0.1, 0.15) is 16.7 Å². The molecule has 0 amide bonds. The standard InChI is InChI=1S/C17H16F2N4OS/c1-25(24)23(14-5-3-2-4-6-14)11-13-8-7-12(10-20-13)15-9-16(17(18)19)22-21-15/h2-8,10,17H,9,11H2,1H3. The molecule has 1 aliphatic rings. The Morgan fingerprint density at radius 1 is 1.16 bits per heavy atom. The number of nitrogens with zero attached hydrogens (tertiary/aromatic N) is 4. The molecule has 2 aromatic rings. The van der Waals surface area contributed by atoms with Gasteiger partial charge in [0.05, 0.1) is 18.0 Å². The summed E-state index contributed by atoms with van der Waals surface area (Å²) in [6.07, 6.45) is 0.637. The van der Waals surface area contributed by atoms with Gasteiger partial charge in [-0.2, -0.15) is 10.2 Å². The summed E-state index contributed by atoms with van der Waals surface area (Å²) in [6, 6.07) is 13.0. The summed E-state index contributed by atoms with van der Waals surface area (Å²) >= 11 is 0. The normalized spacial score (nSPS) is 15.0. The van der Waals surface area contributed by atoms with Crippen molar-refractivity contribution in [1.82, 2.24) is 4.98 Å². The minimum atomic E-state index is -2.59. The van der Waals surface area contributed by atoms with Crippen LogP contribution in [0.3, 0.4) is 0 Å². The topological polar surface area (TPSA) is 57.9 Å². The van der Waals surface area contributed by atoms with Gasteiger partial charge in [-0.1, -0.05) is 18.2 Å². The van der Waals surface area contributed by atoms with E-state index in [2.05, 4.69) is 15.2 Å². The van der Waals surface area contributed by atoms with Crippen molar-refractivity contribution in [2.75, 3.05) is 10.6 Å². The molecule has 25 heavy (non-hydrogen) atoms. The van der Waals surface area contributed by atoms with Crippen LogP contribution in [0.5, 0.6) is 0 Å². The molecule has 0 N–H and O–H groups in total. The monoisotopic (exact) mass is 362 g/mol. The van der Waals surface area contributed by atoms with Gasteiger partial charge in [-0.25, -0.2) is 13.0 Å². The predicted molar refractivity (Wildman–Crippen MR) is 95.5 cm³/mol. The molecule has 1 atom stereocenters. The Morgan fingerprint density at radius 3 is 2.48 bits per heavy atom. The lowest BCUT2D eigenvalue weighted by molar-refractivity contribution is 0.224. The summed E-state index contributed by atoms with van der Waals surface area (Å²) in [5.41, 5.74) is 2.47. The smallest absolute Gasteiger partial charge is 0.278 e. The molecule has 0 fully saturated rings. The quantitative estimate of drug-likeness (QED) is 0.792. The van der Waals surface area contributed by atoms with Crippen molar-refractivity contribution in [3.05, 3.63) is 59.9 Å². The van der Waals surface area contributed by atoms with E-state index in [1.807, 2.05) is 30.3 Å². The van der Waals surface area contributed by atoms with Gasteiger partial charge in [0.15, 0.2) is 0 Å². The number of para-hydroxylation sites is 1. The molecule has 0 saturated carbocycles. The van der Waals surface area contributed by atoms with Gasteiger partial charge in [0, 0.05) is 30.1 Å². The van der Waals surface area contributed by atoms with Gasteiger partial charge >= 0.3 is 0 Å². The molecule has 0 spiro atoms. The maximum absolute atomic E-state index is 12.6. The van der Waals surface area contributed by atoms with Crippen molar-refractivity contribution < 1.29 is 13.0 Å². The first-order valence-corrected chi connectivity index (χ1v) is 9.09. The molecular formula is C17H16F2N4OS. The van der Waals surface area contributed by atoms with Crippen LogP contribution in [0.1, 0.15) is 17.7 Å². The molecule has 0 aliphatic carbocycles. The first-order chi connectivity index (χ1) is 12.0. The molecule has 2 heterocycles. The highest BCUT2D eigenvalue weighted by molar-refractivity contribution is 7.85. The molecule has 130 valence electrons. The van der Waals surface area contributed by atoms with E-state index in [1.54, 1.807) is 28.9 Å². The van der Waals surface area contributed by atoms with E-state index in [4.69, 9.17) is 0 Å². The van der Waals surface area contributed by atoms with Gasteiger partial charge in [-0.05, 0) is 24.3 Å². The minimum Gasteiger partial charge on any atom is -0.286 e. The molecular weight excluding hydrogens is 346 g/mol. The van der Waals surface area contributed by atoms with Crippen LogP contribution < -0.4 is 4.31 Å². The van der Waals surface area contributed by atoms with E-state index in [9.17, 15) is 13.0 Å². The zero-order valence-corrected chi connectivity index (χ0v) is 14.3. The highest BCUT2D eigenvalue weighted by Gasteiger charge is 2.22. The average Bonchev–Trinajstić information content (AvgIpc) is 3.11. The van der Waals surface area contributed by atoms with Crippen LogP contribution in [-0.2, 0) is 17.5 Å². The van der Waals surface area contributed by atoms with Gasteiger partial charge in [-0.15, -0.1) is 0 Å².